The van der Waals surface area contributed by atoms with E-state index in [1.54, 1.807) is 11.0 Å². The minimum absolute atomic E-state index is 0.306. The van der Waals surface area contributed by atoms with Crippen LogP contribution < -0.4 is 20.2 Å². The Balaban J connectivity index is 1.39. The molecule has 1 saturated heterocycles. The third-order valence-electron chi connectivity index (χ3n) is 6.12. The van der Waals surface area contributed by atoms with E-state index >= 15 is 0 Å². The summed E-state index contributed by atoms with van der Waals surface area (Å²) in [6.07, 6.45) is 0.790. The van der Waals surface area contributed by atoms with Crippen LogP contribution in [0.5, 0.6) is 5.75 Å². The maximum absolute atomic E-state index is 12.1. The molecule has 0 bridgehead atoms. The van der Waals surface area contributed by atoms with Gasteiger partial charge in [0.25, 0.3) is 0 Å². The van der Waals surface area contributed by atoms with Crippen molar-refractivity contribution >= 4 is 16.7 Å². The van der Waals surface area contributed by atoms with Gasteiger partial charge in [0, 0.05) is 22.7 Å². The lowest BCUT2D eigenvalue weighted by Crippen LogP contribution is -3.12. The summed E-state index contributed by atoms with van der Waals surface area (Å²) >= 11 is 0. The summed E-state index contributed by atoms with van der Waals surface area (Å²) in [5.41, 5.74) is 4.73. The largest absolute Gasteiger partial charge is 0.473 e. The number of quaternary nitrogens is 1. The van der Waals surface area contributed by atoms with Crippen molar-refractivity contribution in [1.82, 2.24) is 0 Å². The fourth-order valence-electron chi connectivity index (χ4n) is 4.41. The molecular weight excluding hydrogens is 380 g/mol. The molecular formula is C24H27N2O4+. The topological polar surface area (TPSA) is 56.3 Å². The molecule has 0 amide bonds. The van der Waals surface area contributed by atoms with Gasteiger partial charge in [-0.2, -0.15) is 0 Å². The smallest absolute Gasteiger partial charge is 0.336 e. The van der Waals surface area contributed by atoms with E-state index in [4.69, 9.17) is 13.9 Å². The lowest BCUT2D eigenvalue weighted by Gasteiger charge is -2.31. The predicted octanol–water partition coefficient (Wildman–Crippen LogP) is 2.13. The summed E-state index contributed by atoms with van der Waals surface area (Å²) in [7, 11) is 0. The van der Waals surface area contributed by atoms with Crippen molar-refractivity contribution in [2.45, 2.75) is 26.4 Å². The molecule has 2 aliphatic heterocycles. The minimum atomic E-state index is -0.306. The Morgan fingerprint density at radius 2 is 1.87 bits per heavy atom. The molecule has 0 unspecified atom stereocenters. The first-order valence-corrected chi connectivity index (χ1v) is 10.7. The van der Waals surface area contributed by atoms with Crippen LogP contribution in [0.3, 0.4) is 0 Å². The molecule has 0 spiro atoms. The van der Waals surface area contributed by atoms with Crippen LogP contribution in [0, 0.1) is 0 Å². The fourth-order valence-corrected chi connectivity index (χ4v) is 4.41. The third-order valence-corrected chi connectivity index (χ3v) is 6.12. The molecule has 0 radical (unpaired) electrons. The number of morpholine rings is 1. The van der Waals surface area contributed by atoms with Gasteiger partial charge < -0.3 is 23.7 Å². The second-order valence-corrected chi connectivity index (χ2v) is 8.04. The van der Waals surface area contributed by atoms with Gasteiger partial charge in [0.1, 0.15) is 31.0 Å². The monoisotopic (exact) mass is 407 g/mol. The van der Waals surface area contributed by atoms with Gasteiger partial charge in [0.15, 0.2) is 6.73 Å². The molecule has 0 saturated carbocycles. The van der Waals surface area contributed by atoms with Crippen molar-refractivity contribution in [2.24, 2.45) is 0 Å². The summed E-state index contributed by atoms with van der Waals surface area (Å²) in [6, 6.07) is 14.3. The standard InChI is InChI=1S/C24H26N2O4/c1-2-18-13-23(27)30-24-20(18)7-8-22-21(24)15-26(16-29-22)19-5-3-17(4-6-19)14-25-9-11-28-12-10-25/h3-8,13H,2,9-12,14-16H2,1H3/p+1. The molecule has 2 aliphatic rings. The van der Waals surface area contributed by atoms with E-state index < -0.39 is 0 Å². The van der Waals surface area contributed by atoms with Crippen LogP contribution in [-0.2, 0) is 24.2 Å². The number of benzene rings is 2. The van der Waals surface area contributed by atoms with E-state index in [1.165, 1.54) is 5.56 Å². The van der Waals surface area contributed by atoms with Crippen LogP contribution >= 0.6 is 0 Å². The van der Waals surface area contributed by atoms with Gasteiger partial charge in [-0.05, 0) is 36.2 Å². The molecule has 1 N–H and O–H groups in total. The second kappa shape index (κ2) is 8.13. The molecule has 5 rings (SSSR count). The van der Waals surface area contributed by atoms with Gasteiger partial charge in [0.2, 0.25) is 0 Å². The van der Waals surface area contributed by atoms with Gasteiger partial charge in [-0.25, -0.2) is 4.79 Å². The highest BCUT2D eigenvalue weighted by Crippen LogP contribution is 2.34. The zero-order chi connectivity index (χ0) is 20.5. The summed E-state index contributed by atoms with van der Waals surface area (Å²) in [5.74, 6) is 0.794. The summed E-state index contributed by atoms with van der Waals surface area (Å²) in [6.45, 7) is 8.03. The van der Waals surface area contributed by atoms with Crippen LogP contribution in [-0.4, -0.2) is 33.0 Å². The highest BCUT2D eigenvalue weighted by atomic mass is 16.5. The number of aryl methyl sites for hydroxylation is 1. The van der Waals surface area contributed by atoms with E-state index in [2.05, 4.69) is 36.1 Å². The Morgan fingerprint density at radius 1 is 1.07 bits per heavy atom. The number of hydrogen-bond acceptors (Lipinski definition) is 5. The second-order valence-electron chi connectivity index (χ2n) is 8.04. The molecule has 2 aromatic carbocycles. The number of anilines is 1. The van der Waals surface area contributed by atoms with Crippen molar-refractivity contribution in [3.05, 3.63) is 69.6 Å². The molecule has 1 aromatic heterocycles. The first kappa shape index (κ1) is 19.2. The Kier molecular flexibility index (Phi) is 5.19. The van der Waals surface area contributed by atoms with Gasteiger partial charge in [-0.1, -0.05) is 19.1 Å². The quantitative estimate of drug-likeness (QED) is 0.672. The number of nitrogens with one attached hydrogen (secondary N) is 1. The average Bonchev–Trinajstić information content (AvgIpc) is 2.79. The molecule has 3 aromatic rings. The van der Waals surface area contributed by atoms with Crippen molar-refractivity contribution in [3.8, 4) is 5.75 Å². The number of rotatable bonds is 4. The first-order valence-electron chi connectivity index (χ1n) is 10.7. The number of fused-ring (bicyclic) bond motifs is 3. The van der Waals surface area contributed by atoms with Crippen molar-refractivity contribution in [3.63, 3.8) is 0 Å². The molecule has 6 heteroatoms. The highest BCUT2D eigenvalue weighted by Gasteiger charge is 2.23. The summed E-state index contributed by atoms with van der Waals surface area (Å²) in [4.78, 5) is 15.8. The van der Waals surface area contributed by atoms with Gasteiger partial charge in [-0.3, -0.25) is 0 Å². The van der Waals surface area contributed by atoms with Crippen LogP contribution in [0.4, 0.5) is 5.69 Å². The van der Waals surface area contributed by atoms with E-state index in [-0.39, 0.29) is 5.63 Å². The van der Waals surface area contributed by atoms with Gasteiger partial charge in [0.05, 0.1) is 25.3 Å². The molecule has 30 heavy (non-hydrogen) atoms. The Bertz CT molecular complexity index is 1100. The zero-order valence-corrected chi connectivity index (χ0v) is 17.3. The summed E-state index contributed by atoms with van der Waals surface area (Å²) in [5, 5.41) is 0.991. The lowest BCUT2D eigenvalue weighted by molar-refractivity contribution is -0.921. The zero-order valence-electron chi connectivity index (χ0n) is 17.3. The van der Waals surface area contributed by atoms with Crippen molar-refractivity contribution in [2.75, 3.05) is 37.9 Å². The van der Waals surface area contributed by atoms with E-state index in [1.807, 2.05) is 12.1 Å². The summed E-state index contributed by atoms with van der Waals surface area (Å²) < 4.78 is 17.1. The van der Waals surface area contributed by atoms with Crippen molar-refractivity contribution < 1.29 is 18.8 Å². The fraction of sp³-hybridized carbons (Fsp3) is 0.375. The lowest BCUT2D eigenvalue weighted by atomic mass is 10.0. The predicted molar refractivity (Wildman–Crippen MR) is 115 cm³/mol. The normalized spacial score (nSPS) is 17.0. The molecule has 1 fully saturated rings. The Morgan fingerprint density at radius 3 is 2.63 bits per heavy atom. The SMILES string of the molecule is CCc1cc(=O)oc2c3c(ccc12)OCN(c1ccc(C[NH+]2CCOCC2)cc1)C3. The molecule has 6 nitrogen and oxygen atoms in total. The van der Waals surface area contributed by atoms with Crippen LogP contribution in [0.2, 0.25) is 0 Å². The van der Waals surface area contributed by atoms with E-state index in [0.717, 1.165) is 67.2 Å². The first-order chi connectivity index (χ1) is 14.7. The Hall–Kier alpha value is -2.83. The number of ether oxygens (including phenoxy) is 2. The van der Waals surface area contributed by atoms with E-state index in [0.29, 0.717) is 18.9 Å². The van der Waals surface area contributed by atoms with Gasteiger partial charge >= 0.3 is 5.63 Å². The van der Waals surface area contributed by atoms with Crippen LogP contribution in [0.1, 0.15) is 23.6 Å². The maximum atomic E-state index is 12.1. The average molecular weight is 407 g/mol. The molecule has 156 valence electrons. The van der Waals surface area contributed by atoms with E-state index in [9.17, 15) is 4.79 Å². The third kappa shape index (κ3) is 3.68. The minimum Gasteiger partial charge on any atom is -0.473 e. The molecule has 0 atom stereocenters. The number of hydrogen-bond donors (Lipinski definition) is 1. The van der Waals surface area contributed by atoms with Crippen LogP contribution in [0.25, 0.3) is 11.0 Å². The molecule has 3 heterocycles. The highest BCUT2D eigenvalue weighted by molar-refractivity contribution is 5.85. The number of nitrogens with zero attached hydrogens (tertiary/aromatic N) is 1. The van der Waals surface area contributed by atoms with Crippen LogP contribution in [0.15, 0.2) is 51.7 Å². The Labute approximate surface area is 175 Å². The van der Waals surface area contributed by atoms with Crippen molar-refractivity contribution in [1.29, 1.82) is 0 Å². The van der Waals surface area contributed by atoms with Gasteiger partial charge in [-0.15, -0.1) is 0 Å². The molecule has 0 aliphatic carbocycles. The maximum Gasteiger partial charge on any atom is 0.336 e.